The van der Waals surface area contributed by atoms with Crippen molar-refractivity contribution in [3.63, 3.8) is 0 Å². The highest BCUT2D eigenvalue weighted by atomic mass is 16.5. The Morgan fingerprint density at radius 3 is 0.522 bits per heavy atom. The van der Waals surface area contributed by atoms with Gasteiger partial charge in [0.1, 0.15) is 0 Å². The molecule has 0 aliphatic heterocycles. The fraction of sp³-hybridized carbons (Fsp3) is 1.00. The van der Waals surface area contributed by atoms with E-state index in [0.717, 1.165) is 26.4 Å². The molecular weight excluding hydrogens is 560 g/mol. The average Bonchev–Trinajstić information content (AvgIpc) is 3.07. The molecule has 0 amide bonds. The Morgan fingerprint density at radius 2 is 0.326 bits per heavy atom. The molecule has 0 spiro atoms. The van der Waals surface area contributed by atoms with E-state index in [9.17, 15) is 0 Å². The zero-order valence-electron chi connectivity index (χ0n) is 33.1. The summed E-state index contributed by atoms with van der Waals surface area (Å²) < 4.78 is 11.2. The lowest BCUT2D eigenvalue weighted by molar-refractivity contribution is 0.125. The lowest BCUT2D eigenvalue weighted by atomic mass is 10.0. The third kappa shape index (κ3) is 50.8. The molecule has 0 aliphatic rings. The summed E-state index contributed by atoms with van der Waals surface area (Å²) in [7, 11) is 0. The smallest absolute Gasteiger partial charge is 0.0466 e. The summed E-state index contributed by atoms with van der Waals surface area (Å²) in [5.74, 6) is 0. The lowest BCUT2D eigenvalue weighted by Crippen LogP contribution is -1.97. The van der Waals surface area contributed by atoms with E-state index in [1.807, 2.05) is 0 Å². The minimum absolute atomic E-state index is 0.955. The van der Waals surface area contributed by atoms with Crippen molar-refractivity contribution in [1.82, 2.24) is 0 Å². The minimum atomic E-state index is 0.955. The maximum atomic E-state index is 5.87. The molecule has 0 N–H and O–H groups in total. The summed E-state index contributed by atoms with van der Waals surface area (Å²) in [5.41, 5.74) is 0. The molecule has 0 aromatic rings. The van der Waals surface area contributed by atoms with Gasteiger partial charge in [-0.1, -0.05) is 233 Å². The van der Waals surface area contributed by atoms with Crippen LogP contribution in [0.1, 0.15) is 259 Å². The number of ether oxygens (including phenoxy) is 2. The van der Waals surface area contributed by atoms with Crippen molar-refractivity contribution in [3.05, 3.63) is 0 Å². The standard InChI is InChI=1S/C36H74O.C8H18O/c1-3-5-7-9-11-13-15-17-19-21-23-25-27-29-31-33-35-37-36-34-32-30-28-26-24-22-20-18-16-14-12-10-8-6-4-2;1-3-5-7-9-8-6-4-2/h3-36H2,1-2H3;3-8H2,1-2H3. The molecule has 0 heterocycles. The molecular formula is C44H92O2. The van der Waals surface area contributed by atoms with Gasteiger partial charge in [0, 0.05) is 26.4 Å². The van der Waals surface area contributed by atoms with Gasteiger partial charge in [-0.3, -0.25) is 0 Å². The van der Waals surface area contributed by atoms with E-state index in [2.05, 4.69) is 27.7 Å². The summed E-state index contributed by atoms with van der Waals surface area (Å²) in [6.45, 7) is 12.9. The SMILES string of the molecule is CCCCCCCCCCCCCCCCCCOCCCCCCCCCCCCCCCCCC.CCCCOCCCC. The van der Waals surface area contributed by atoms with E-state index in [-0.39, 0.29) is 0 Å². The van der Waals surface area contributed by atoms with Crippen LogP contribution in [0.15, 0.2) is 0 Å². The normalized spacial score (nSPS) is 11.2. The van der Waals surface area contributed by atoms with Gasteiger partial charge in [0.2, 0.25) is 0 Å². The fourth-order valence-electron chi connectivity index (χ4n) is 6.20. The zero-order chi connectivity index (χ0) is 33.7. The summed E-state index contributed by atoms with van der Waals surface area (Å²) in [5, 5.41) is 0. The molecule has 0 saturated carbocycles. The molecule has 46 heavy (non-hydrogen) atoms. The molecule has 0 fully saturated rings. The van der Waals surface area contributed by atoms with Crippen molar-refractivity contribution in [2.45, 2.75) is 259 Å². The van der Waals surface area contributed by atoms with Gasteiger partial charge < -0.3 is 9.47 Å². The Balaban J connectivity index is 0. The van der Waals surface area contributed by atoms with Gasteiger partial charge in [-0.15, -0.1) is 0 Å². The van der Waals surface area contributed by atoms with E-state index in [1.54, 1.807) is 0 Å². The Bertz CT molecular complexity index is 425. The summed E-state index contributed by atoms with van der Waals surface area (Å²) >= 11 is 0. The van der Waals surface area contributed by atoms with E-state index in [4.69, 9.17) is 9.47 Å². The van der Waals surface area contributed by atoms with Crippen LogP contribution in [-0.4, -0.2) is 26.4 Å². The van der Waals surface area contributed by atoms with Crippen molar-refractivity contribution in [3.8, 4) is 0 Å². The molecule has 0 aliphatic carbocycles. The molecule has 0 atom stereocenters. The molecule has 0 saturated heterocycles. The fourth-order valence-corrected chi connectivity index (χ4v) is 6.20. The number of unbranched alkanes of at least 4 members (excludes halogenated alkanes) is 32. The first-order chi connectivity index (χ1) is 22.8. The Kier molecular flexibility index (Phi) is 51.5. The Labute approximate surface area is 294 Å². The highest BCUT2D eigenvalue weighted by Gasteiger charge is 1.97. The van der Waals surface area contributed by atoms with E-state index < -0.39 is 0 Å². The second-order valence-corrected chi connectivity index (χ2v) is 14.5. The molecule has 2 nitrogen and oxygen atoms in total. The van der Waals surface area contributed by atoms with Gasteiger partial charge in [-0.2, -0.15) is 0 Å². The van der Waals surface area contributed by atoms with Crippen LogP contribution in [0.3, 0.4) is 0 Å². The van der Waals surface area contributed by atoms with Crippen LogP contribution < -0.4 is 0 Å². The largest absolute Gasteiger partial charge is 0.381 e. The highest BCUT2D eigenvalue weighted by molar-refractivity contribution is 4.52. The molecule has 0 rings (SSSR count). The molecule has 2 heteroatoms. The first-order valence-corrected chi connectivity index (χ1v) is 22.0. The third-order valence-corrected chi connectivity index (χ3v) is 9.57. The van der Waals surface area contributed by atoms with Crippen LogP contribution in [0.4, 0.5) is 0 Å². The summed E-state index contributed by atoms with van der Waals surface area (Å²) in [6.07, 6.45) is 50.9. The molecule has 0 aromatic heterocycles. The van der Waals surface area contributed by atoms with Gasteiger partial charge in [-0.25, -0.2) is 0 Å². The molecule has 0 bridgehead atoms. The maximum absolute atomic E-state index is 5.87. The molecule has 0 radical (unpaired) electrons. The monoisotopic (exact) mass is 653 g/mol. The predicted molar refractivity (Wildman–Crippen MR) is 211 cm³/mol. The number of hydrogen-bond acceptors (Lipinski definition) is 2. The van der Waals surface area contributed by atoms with E-state index >= 15 is 0 Å². The van der Waals surface area contributed by atoms with Gasteiger partial charge in [0.05, 0.1) is 0 Å². The van der Waals surface area contributed by atoms with Crippen LogP contribution in [0, 0.1) is 0 Å². The summed E-state index contributed by atoms with van der Waals surface area (Å²) in [4.78, 5) is 0. The van der Waals surface area contributed by atoms with Crippen LogP contribution in [0.25, 0.3) is 0 Å². The van der Waals surface area contributed by atoms with E-state index in [1.165, 1.54) is 231 Å². The van der Waals surface area contributed by atoms with Gasteiger partial charge in [0.15, 0.2) is 0 Å². The second kappa shape index (κ2) is 49.3. The van der Waals surface area contributed by atoms with Crippen molar-refractivity contribution in [1.29, 1.82) is 0 Å². The van der Waals surface area contributed by atoms with Gasteiger partial charge >= 0.3 is 0 Å². The van der Waals surface area contributed by atoms with Gasteiger partial charge in [0.25, 0.3) is 0 Å². The average molecular weight is 653 g/mol. The minimum Gasteiger partial charge on any atom is -0.381 e. The Morgan fingerprint density at radius 1 is 0.174 bits per heavy atom. The number of hydrogen-bond donors (Lipinski definition) is 0. The first-order valence-electron chi connectivity index (χ1n) is 22.0. The molecule has 0 unspecified atom stereocenters. The zero-order valence-corrected chi connectivity index (χ0v) is 33.1. The number of rotatable bonds is 40. The Hall–Kier alpha value is -0.0800. The van der Waals surface area contributed by atoms with Crippen molar-refractivity contribution >= 4 is 0 Å². The van der Waals surface area contributed by atoms with E-state index in [0.29, 0.717) is 0 Å². The first kappa shape index (κ1) is 48.0. The highest BCUT2D eigenvalue weighted by Crippen LogP contribution is 2.15. The van der Waals surface area contributed by atoms with Crippen molar-refractivity contribution in [2.24, 2.45) is 0 Å². The third-order valence-electron chi connectivity index (χ3n) is 9.57. The quantitative estimate of drug-likeness (QED) is 0.0613. The predicted octanol–water partition coefficient (Wildman–Crippen LogP) is 16.1. The van der Waals surface area contributed by atoms with Crippen LogP contribution in [0.2, 0.25) is 0 Å². The second-order valence-electron chi connectivity index (χ2n) is 14.5. The van der Waals surface area contributed by atoms with Crippen LogP contribution in [-0.2, 0) is 9.47 Å². The van der Waals surface area contributed by atoms with Crippen LogP contribution in [0.5, 0.6) is 0 Å². The maximum Gasteiger partial charge on any atom is 0.0466 e. The molecule has 280 valence electrons. The van der Waals surface area contributed by atoms with Gasteiger partial charge in [-0.05, 0) is 25.7 Å². The lowest BCUT2D eigenvalue weighted by Gasteiger charge is -2.06. The summed E-state index contributed by atoms with van der Waals surface area (Å²) in [6, 6.07) is 0. The van der Waals surface area contributed by atoms with Crippen molar-refractivity contribution in [2.75, 3.05) is 26.4 Å². The van der Waals surface area contributed by atoms with Crippen LogP contribution >= 0.6 is 0 Å². The topological polar surface area (TPSA) is 18.5 Å². The molecule has 0 aromatic carbocycles. The van der Waals surface area contributed by atoms with Crippen molar-refractivity contribution < 1.29 is 9.47 Å².